The molecular formula is C7H6O4. The van der Waals surface area contributed by atoms with Crippen molar-refractivity contribution in [1.82, 2.24) is 0 Å². The molecule has 0 aromatic heterocycles. The van der Waals surface area contributed by atoms with Crippen LogP contribution < -0.4 is 0 Å². The summed E-state index contributed by atoms with van der Waals surface area (Å²) in [5.41, 5.74) is 0. The van der Waals surface area contributed by atoms with Gasteiger partial charge >= 0.3 is 0 Å². The van der Waals surface area contributed by atoms with Gasteiger partial charge in [0.15, 0.2) is 24.4 Å². The van der Waals surface area contributed by atoms with Crippen LogP contribution in [0.2, 0.25) is 0 Å². The minimum absolute atomic E-state index is 0.0397. The van der Waals surface area contributed by atoms with Crippen molar-refractivity contribution in [3.05, 3.63) is 23.7 Å². The molecule has 1 heterocycles. The molecule has 0 aromatic rings. The van der Waals surface area contributed by atoms with Gasteiger partial charge in [-0.25, -0.2) is 0 Å². The molecule has 4 nitrogen and oxygen atoms in total. The number of aldehydes is 2. The Labute approximate surface area is 62.8 Å². The van der Waals surface area contributed by atoms with Crippen LogP contribution in [0, 0.1) is 0 Å². The van der Waals surface area contributed by atoms with Crippen LogP contribution in [0.5, 0.6) is 0 Å². The first-order valence-corrected chi connectivity index (χ1v) is 2.96. The second kappa shape index (κ2) is 3.01. The summed E-state index contributed by atoms with van der Waals surface area (Å²) in [5.74, 6) is -0.169. The molecule has 0 bridgehead atoms. The van der Waals surface area contributed by atoms with Crippen LogP contribution in [-0.2, 0) is 14.3 Å². The normalized spacial score (nSPS) is 22.7. The maximum atomic E-state index is 10.1. The molecule has 1 rings (SSSR count). The Morgan fingerprint density at radius 2 is 2.27 bits per heavy atom. The molecule has 0 aliphatic carbocycles. The zero-order valence-corrected chi connectivity index (χ0v) is 5.56. The summed E-state index contributed by atoms with van der Waals surface area (Å²) in [4.78, 5) is 20.3. The van der Waals surface area contributed by atoms with Crippen LogP contribution in [0.25, 0.3) is 0 Å². The molecule has 4 heteroatoms. The van der Waals surface area contributed by atoms with Crippen molar-refractivity contribution in [2.75, 3.05) is 0 Å². The van der Waals surface area contributed by atoms with Gasteiger partial charge in [0.25, 0.3) is 0 Å². The summed E-state index contributed by atoms with van der Waals surface area (Å²) >= 11 is 0. The number of hydrogen-bond donors (Lipinski definition) is 1. The van der Waals surface area contributed by atoms with E-state index in [1.807, 2.05) is 0 Å². The molecule has 11 heavy (non-hydrogen) atoms. The second-order valence-electron chi connectivity index (χ2n) is 1.97. The van der Waals surface area contributed by atoms with Crippen molar-refractivity contribution in [2.45, 2.75) is 6.10 Å². The fourth-order valence-electron chi connectivity index (χ4n) is 0.716. The molecule has 1 aliphatic heterocycles. The molecule has 0 amide bonds. The topological polar surface area (TPSA) is 63.6 Å². The minimum Gasteiger partial charge on any atom is -0.508 e. The highest BCUT2D eigenvalue weighted by atomic mass is 16.5. The number of hydrogen-bond acceptors (Lipinski definition) is 4. The lowest BCUT2D eigenvalue weighted by Gasteiger charge is -2.13. The van der Waals surface area contributed by atoms with Crippen molar-refractivity contribution in [3.63, 3.8) is 0 Å². The number of carbonyl (C=O) groups excluding carboxylic acids is 2. The molecule has 0 spiro atoms. The van der Waals surface area contributed by atoms with Gasteiger partial charge in [-0.15, -0.1) is 0 Å². The molecule has 0 saturated carbocycles. The van der Waals surface area contributed by atoms with Gasteiger partial charge in [-0.3, -0.25) is 9.59 Å². The number of aliphatic hydroxyl groups excluding tert-OH is 1. The van der Waals surface area contributed by atoms with E-state index in [1.165, 1.54) is 6.08 Å². The predicted octanol–water partition coefficient (Wildman–Crippen LogP) is 0.109. The number of allylic oxidation sites excluding steroid dienone is 2. The molecular weight excluding hydrogens is 148 g/mol. The van der Waals surface area contributed by atoms with Gasteiger partial charge in [0.2, 0.25) is 0 Å². The number of carbonyl (C=O) groups is 2. The molecule has 1 atom stereocenters. The van der Waals surface area contributed by atoms with Crippen molar-refractivity contribution in [2.24, 2.45) is 0 Å². The molecule has 1 unspecified atom stereocenters. The van der Waals surface area contributed by atoms with Gasteiger partial charge in [-0.05, 0) is 0 Å². The van der Waals surface area contributed by atoms with Crippen LogP contribution in [0.1, 0.15) is 0 Å². The minimum atomic E-state index is -0.847. The van der Waals surface area contributed by atoms with E-state index in [9.17, 15) is 9.59 Å². The summed E-state index contributed by atoms with van der Waals surface area (Å²) in [6, 6.07) is 0. The van der Waals surface area contributed by atoms with Crippen LogP contribution in [0.4, 0.5) is 0 Å². The molecule has 58 valence electrons. The van der Waals surface area contributed by atoms with E-state index in [0.717, 1.165) is 6.08 Å². The van der Waals surface area contributed by atoms with Crippen molar-refractivity contribution < 1.29 is 19.4 Å². The first kappa shape index (κ1) is 7.53. The lowest BCUT2D eigenvalue weighted by molar-refractivity contribution is -0.116. The summed E-state index contributed by atoms with van der Waals surface area (Å²) in [7, 11) is 0. The Morgan fingerprint density at radius 1 is 1.55 bits per heavy atom. The Morgan fingerprint density at radius 3 is 2.82 bits per heavy atom. The summed E-state index contributed by atoms with van der Waals surface area (Å²) in [5, 5.41) is 8.90. The van der Waals surface area contributed by atoms with E-state index < -0.39 is 6.10 Å². The van der Waals surface area contributed by atoms with Gasteiger partial charge in [0, 0.05) is 12.2 Å². The Bertz CT molecular complexity index is 239. The Balaban J connectivity index is 2.82. The summed E-state index contributed by atoms with van der Waals surface area (Å²) in [6.07, 6.45) is 2.43. The Kier molecular flexibility index (Phi) is 2.06. The Hall–Kier alpha value is -1.58. The van der Waals surface area contributed by atoms with Gasteiger partial charge < -0.3 is 9.84 Å². The van der Waals surface area contributed by atoms with Gasteiger partial charge in [0.05, 0.1) is 0 Å². The van der Waals surface area contributed by atoms with E-state index in [4.69, 9.17) is 9.84 Å². The van der Waals surface area contributed by atoms with E-state index in [-0.39, 0.29) is 11.5 Å². The standard InChI is InChI=1S/C7H6O4/c8-3-6-1-5(10)2-7(4-9)11-6/h1-4,6,10H. The highest BCUT2D eigenvalue weighted by Gasteiger charge is 2.13. The largest absolute Gasteiger partial charge is 0.508 e. The zero-order valence-electron chi connectivity index (χ0n) is 5.56. The van der Waals surface area contributed by atoms with E-state index in [0.29, 0.717) is 12.6 Å². The van der Waals surface area contributed by atoms with Gasteiger partial charge in [-0.1, -0.05) is 0 Å². The second-order valence-corrected chi connectivity index (χ2v) is 1.97. The van der Waals surface area contributed by atoms with Crippen molar-refractivity contribution >= 4 is 12.6 Å². The zero-order chi connectivity index (χ0) is 8.27. The molecule has 0 saturated heterocycles. The van der Waals surface area contributed by atoms with Crippen LogP contribution >= 0.6 is 0 Å². The summed E-state index contributed by atoms with van der Waals surface area (Å²) < 4.78 is 4.74. The highest BCUT2D eigenvalue weighted by molar-refractivity contribution is 5.73. The first-order chi connectivity index (χ1) is 5.26. The van der Waals surface area contributed by atoms with E-state index >= 15 is 0 Å². The third kappa shape index (κ3) is 1.67. The lowest BCUT2D eigenvalue weighted by atomic mass is 10.2. The SMILES string of the molecule is O=CC1=CC(O)=CC(C=O)O1. The number of aliphatic hydroxyl groups is 1. The molecule has 0 aromatic carbocycles. The maximum absolute atomic E-state index is 10.1. The van der Waals surface area contributed by atoms with E-state index in [2.05, 4.69) is 0 Å². The fraction of sp³-hybridized carbons (Fsp3) is 0.143. The molecule has 0 fully saturated rings. The average Bonchev–Trinajstić information content (AvgIpc) is 2.03. The highest BCUT2D eigenvalue weighted by Crippen LogP contribution is 2.11. The molecule has 0 radical (unpaired) electrons. The van der Waals surface area contributed by atoms with Crippen LogP contribution in [0.15, 0.2) is 23.7 Å². The monoisotopic (exact) mass is 154 g/mol. The first-order valence-electron chi connectivity index (χ1n) is 2.96. The molecule has 1 aliphatic rings. The third-order valence-electron chi connectivity index (χ3n) is 1.15. The van der Waals surface area contributed by atoms with E-state index in [1.54, 1.807) is 0 Å². The predicted molar refractivity (Wildman–Crippen MR) is 35.8 cm³/mol. The molecule has 1 N–H and O–H groups in total. The number of ether oxygens (including phenoxy) is 1. The van der Waals surface area contributed by atoms with Gasteiger partial charge in [0.1, 0.15) is 5.76 Å². The van der Waals surface area contributed by atoms with Crippen molar-refractivity contribution in [1.29, 1.82) is 0 Å². The third-order valence-corrected chi connectivity index (χ3v) is 1.15. The number of rotatable bonds is 2. The van der Waals surface area contributed by atoms with Crippen molar-refractivity contribution in [3.8, 4) is 0 Å². The maximum Gasteiger partial charge on any atom is 0.184 e. The average molecular weight is 154 g/mol. The fourth-order valence-corrected chi connectivity index (χ4v) is 0.716. The smallest absolute Gasteiger partial charge is 0.184 e. The van der Waals surface area contributed by atoms with Crippen LogP contribution in [0.3, 0.4) is 0 Å². The summed E-state index contributed by atoms with van der Waals surface area (Å²) in [6.45, 7) is 0. The lowest BCUT2D eigenvalue weighted by Crippen LogP contribution is -2.16. The van der Waals surface area contributed by atoms with Gasteiger partial charge in [-0.2, -0.15) is 0 Å². The quantitative estimate of drug-likeness (QED) is 0.573. The van der Waals surface area contributed by atoms with Crippen LogP contribution in [-0.4, -0.2) is 23.8 Å².